The number of carboxylic acids is 2. The van der Waals surface area contributed by atoms with Gasteiger partial charge >= 0.3 is 23.9 Å². The molecule has 2 aromatic rings. The van der Waals surface area contributed by atoms with Crippen LogP contribution in [-0.2, 0) is 22.3 Å². The van der Waals surface area contributed by atoms with Crippen LogP contribution in [0.5, 0.6) is 0 Å². The fourth-order valence-electron chi connectivity index (χ4n) is 6.84. The summed E-state index contributed by atoms with van der Waals surface area (Å²) in [5.41, 5.74) is 2.10. The summed E-state index contributed by atoms with van der Waals surface area (Å²) < 4.78 is 9.78. The normalized spacial score (nSPS) is 10.6. The summed E-state index contributed by atoms with van der Waals surface area (Å²) in [6, 6.07) is 9.69. The van der Waals surface area contributed by atoms with Crippen molar-refractivity contribution in [3.05, 3.63) is 95.1 Å². The summed E-state index contributed by atoms with van der Waals surface area (Å²) >= 11 is 0. The number of aryl methyl sites for hydroxylation is 1. The maximum absolute atomic E-state index is 12.1. The van der Waals surface area contributed by atoms with Gasteiger partial charge in [0.2, 0.25) is 0 Å². The molecule has 2 rings (SSSR count). The summed E-state index contributed by atoms with van der Waals surface area (Å²) in [5.74, 6) is -3.42. The Balaban J connectivity index is 0.000000724. The summed E-state index contributed by atoms with van der Waals surface area (Å²) in [4.78, 5) is 47.3. The van der Waals surface area contributed by atoms with Crippen LogP contribution in [-0.4, -0.2) is 47.3 Å². The minimum Gasteiger partial charge on any atom is -0.478 e. The smallest absolute Gasteiger partial charge is 0.339 e. The van der Waals surface area contributed by atoms with Crippen LogP contribution in [0.25, 0.3) is 0 Å². The molecular weight excluding hydrogens is 705 g/mol. The van der Waals surface area contributed by atoms with E-state index < -0.39 is 23.9 Å². The van der Waals surface area contributed by atoms with Crippen LogP contribution < -0.4 is 0 Å². The zero-order valence-corrected chi connectivity index (χ0v) is 34.8. The lowest BCUT2D eigenvalue weighted by atomic mass is 9.89. The number of rotatable bonds is 32. The first-order chi connectivity index (χ1) is 27.2. The maximum atomic E-state index is 12.1. The average Bonchev–Trinajstić information content (AvgIpc) is 3.20. The summed E-state index contributed by atoms with van der Waals surface area (Å²) in [6.07, 6.45) is 32.2. The van der Waals surface area contributed by atoms with Crippen molar-refractivity contribution in [1.29, 1.82) is 0 Å². The van der Waals surface area contributed by atoms with Gasteiger partial charge < -0.3 is 19.7 Å². The molecule has 8 heteroatoms. The summed E-state index contributed by atoms with van der Waals surface area (Å²) in [5, 5.41) is 19.5. The molecule has 0 fully saturated rings. The second-order valence-electron chi connectivity index (χ2n) is 14.6. The van der Waals surface area contributed by atoms with Crippen molar-refractivity contribution in [3.8, 4) is 0 Å². The van der Waals surface area contributed by atoms with Gasteiger partial charge in [-0.15, -0.1) is 0 Å². The van der Waals surface area contributed by atoms with Gasteiger partial charge in [0.15, 0.2) is 0 Å². The van der Waals surface area contributed by atoms with Gasteiger partial charge in [0.1, 0.15) is 13.2 Å². The number of carbonyl (C=O) groups excluding carboxylic acids is 2. The molecule has 56 heavy (non-hydrogen) atoms. The first-order valence-electron chi connectivity index (χ1n) is 21.5. The quantitative estimate of drug-likeness (QED) is 0.0427. The zero-order valence-electron chi connectivity index (χ0n) is 34.8. The third-order valence-corrected chi connectivity index (χ3v) is 9.97. The van der Waals surface area contributed by atoms with E-state index in [4.69, 9.17) is 9.47 Å². The Hall–Kier alpha value is -4.20. The van der Waals surface area contributed by atoms with E-state index in [1.807, 2.05) is 6.07 Å². The number of esters is 2. The third kappa shape index (κ3) is 21.8. The molecule has 0 radical (unpaired) electrons. The molecule has 0 aromatic heterocycles. The molecular formula is C48H72O8. The Morgan fingerprint density at radius 3 is 1.23 bits per heavy atom. The molecule has 0 aliphatic heterocycles. The molecule has 0 atom stereocenters. The molecule has 0 heterocycles. The van der Waals surface area contributed by atoms with Crippen LogP contribution in [0.15, 0.2) is 61.7 Å². The van der Waals surface area contributed by atoms with Crippen LogP contribution in [0.2, 0.25) is 0 Å². The Labute approximate surface area is 338 Å². The molecule has 0 unspecified atom stereocenters. The van der Waals surface area contributed by atoms with E-state index in [-0.39, 0.29) is 35.5 Å². The van der Waals surface area contributed by atoms with Crippen LogP contribution >= 0.6 is 0 Å². The molecule has 312 valence electrons. The molecule has 0 aliphatic rings. The number of aromatic carboxylic acids is 2. The molecule has 0 bridgehead atoms. The number of carbonyl (C=O) groups is 4. The molecule has 0 amide bonds. The van der Waals surface area contributed by atoms with Crippen molar-refractivity contribution in [2.45, 2.75) is 168 Å². The van der Waals surface area contributed by atoms with Gasteiger partial charge in [-0.3, -0.25) is 0 Å². The van der Waals surface area contributed by atoms with Crippen molar-refractivity contribution in [2.75, 3.05) is 13.2 Å². The standard InChI is InChI=1S/C34H58O4.C14H14O4/c1-3-5-7-9-11-13-15-17-19-21-23-25-29-27-28-31(33(35)36)32(34(37)38)30(29)26-24-22-20-18-16-14-12-10-8-6-4-2;1-3-9-17-13(15)11-7-5-6-8-12(11)14(16)18-10-4-2/h27-28H,3-26H2,1-2H3,(H,35,36)(H,37,38);3-8H,1-2,9-10H2. The Bertz CT molecular complexity index is 1390. The van der Waals surface area contributed by atoms with Crippen molar-refractivity contribution in [1.82, 2.24) is 0 Å². The lowest BCUT2D eigenvalue weighted by Crippen LogP contribution is -2.14. The highest BCUT2D eigenvalue weighted by Gasteiger charge is 2.22. The zero-order chi connectivity index (χ0) is 41.2. The number of hydrogen-bond donors (Lipinski definition) is 2. The van der Waals surface area contributed by atoms with Crippen LogP contribution in [0.1, 0.15) is 208 Å². The highest BCUT2D eigenvalue weighted by atomic mass is 16.5. The van der Waals surface area contributed by atoms with Gasteiger partial charge in [-0.05, 0) is 55.0 Å². The van der Waals surface area contributed by atoms with Gasteiger partial charge in [0.05, 0.1) is 22.3 Å². The topological polar surface area (TPSA) is 127 Å². The second-order valence-corrected chi connectivity index (χ2v) is 14.6. The van der Waals surface area contributed by atoms with Gasteiger partial charge in [0.25, 0.3) is 0 Å². The fraction of sp³-hybridized carbons (Fsp3) is 0.583. The van der Waals surface area contributed by atoms with Gasteiger partial charge in [-0.25, -0.2) is 19.2 Å². The van der Waals surface area contributed by atoms with Gasteiger partial charge in [-0.2, -0.15) is 0 Å². The molecule has 0 saturated carbocycles. The second kappa shape index (κ2) is 33.0. The first kappa shape index (κ1) is 49.8. The molecule has 0 aliphatic carbocycles. The maximum Gasteiger partial charge on any atom is 0.339 e. The van der Waals surface area contributed by atoms with Gasteiger partial charge in [0, 0.05) is 0 Å². The number of ether oxygens (including phenoxy) is 2. The third-order valence-electron chi connectivity index (χ3n) is 9.97. The molecule has 8 nitrogen and oxygen atoms in total. The van der Waals surface area contributed by atoms with Crippen LogP contribution in [0.3, 0.4) is 0 Å². The van der Waals surface area contributed by atoms with Crippen molar-refractivity contribution in [3.63, 3.8) is 0 Å². The number of unbranched alkanes of at least 4 members (excludes halogenated alkanes) is 20. The van der Waals surface area contributed by atoms with E-state index in [0.717, 1.165) is 43.2 Å². The van der Waals surface area contributed by atoms with Crippen molar-refractivity contribution < 1.29 is 38.9 Å². The lowest BCUT2D eigenvalue weighted by Gasteiger charge is -2.15. The minimum atomic E-state index is -1.15. The van der Waals surface area contributed by atoms with E-state index in [1.54, 1.807) is 12.1 Å². The van der Waals surface area contributed by atoms with E-state index in [0.29, 0.717) is 6.42 Å². The lowest BCUT2D eigenvalue weighted by molar-refractivity contribution is 0.0503. The molecule has 0 saturated heterocycles. The van der Waals surface area contributed by atoms with E-state index >= 15 is 0 Å². The van der Waals surface area contributed by atoms with Crippen molar-refractivity contribution >= 4 is 23.9 Å². The van der Waals surface area contributed by atoms with E-state index in [9.17, 15) is 29.4 Å². The monoisotopic (exact) mass is 777 g/mol. The Morgan fingerprint density at radius 2 is 0.875 bits per heavy atom. The predicted molar refractivity (Wildman–Crippen MR) is 228 cm³/mol. The number of carboxylic acid groups (broad SMARTS) is 2. The highest BCUT2D eigenvalue weighted by molar-refractivity contribution is 6.03. The Kier molecular flexibility index (Phi) is 29.3. The first-order valence-corrected chi connectivity index (χ1v) is 21.5. The largest absolute Gasteiger partial charge is 0.478 e. The highest BCUT2D eigenvalue weighted by Crippen LogP contribution is 2.25. The Morgan fingerprint density at radius 1 is 0.500 bits per heavy atom. The van der Waals surface area contributed by atoms with Crippen LogP contribution in [0, 0.1) is 0 Å². The predicted octanol–water partition coefficient (Wildman–Crippen LogP) is 13.2. The summed E-state index contributed by atoms with van der Waals surface area (Å²) in [6.45, 7) is 11.6. The average molecular weight is 777 g/mol. The number of benzene rings is 2. The minimum absolute atomic E-state index is 0.0187. The molecule has 0 spiro atoms. The summed E-state index contributed by atoms with van der Waals surface area (Å²) in [7, 11) is 0. The molecule has 2 N–H and O–H groups in total. The van der Waals surface area contributed by atoms with Gasteiger partial charge in [-0.1, -0.05) is 186 Å². The number of hydrogen-bond acceptors (Lipinski definition) is 6. The van der Waals surface area contributed by atoms with E-state index in [2.05, 4.69) is 27.0 Å². The van der Waals surface area contributed by atoms with E-state index in [1.165, 1.54) is 146 Å². The SMILES string of the molecule is C=CCOC(=O)c1ccccc1C(=O)OCC=C.CCCCCCCCCCCCCc1ccc(C(=O)O)c(C(=O)O)c1CCCCCCCCCCCCC. The van der Waals surface area contributed by atoms with Crippen molar-refractivity contribution in [2.24, 2.45) is 0 Å². The molecule has 2 aromatic carbocycles. The van der Waals surface area contributed by atoms with Crippen LogP contribution in [0.4, 0.5) is 0 Å². The fourth-order valence-corrected chi connectivity index (χ4v) is 6.84.